The van der Waals surface area contributed by atoms with Crippen LogP contribution in [-0.2, 0) is 21.4 Å². The van der Waals surface area contributed by atoms with Crippen molar-refractivity contribution in [2.45, 2.75) is 12.8 Å². The molecule has 1 aromatic rings. The summed E-state index contributed by atoms with van der Waals surface area (Å²) < 4.78 is 34.8. The molecule has 0 aliphatic carbocycles. The maximum absolute atomic E-state index is 12.6. The van der Waals surface area contributed by atoms with Crippen LogP contribution in [0.25, 0.3) is 0 Å². The minimum absolute atomic E-state index is 0.101. The molecule has 7 heteroatoms. The largest absolute Gasteiger partial charge is 0.342 e. The van der Waals surface area contributed by atoms with E-state index in [1.165, 1.54) is 0 Å². The van der Waals surface area contributed by atoms with Crippen LogP contribution in [0.2, 0.25) is 0 Å². The van der Waals surface area contributed by atoms with Gasteiger partial charge in [0.25, 0.3) is 0 Å². The molecule has 2 rings (SSSR count). The van der Waals surface area contributed by atoms with E-state index in [0.29, 0.717) is 19.5 Å². The summed E-state index contributed by atoms with van der Waals surface area (Å²) in [6.45, 7) is 0.849. The van der Waals surface area contributed by atoms with Gasteiger partial charge in [-0.2, -0.15) is 8.42 Å². The lowest BCUT2D eigenvalue weighted by Gasteiger charge is -2.16. The molecule has 1 amide bonds. The maximum atomic E-state index is 12.6. The molecule has 1 aliphatic heterocycles. The molecule has 1 heterocycles. The average Bonchev–Trinajstić information content (AvgIpc) is 2.66. The molecule has 0 N–H and O–H groups in total. The smallest absolute Gasteiger partial charge is 0.302 e. The fourth-order valence-electron chi connectivity index (χ4n) is 2.38. The summed E-state index contributed by atoms with van der Waals surface area (Å²) >= 11 is 3.35. The van der Waals surface area contributed by atoms with Crippen LogP contribution in [-0.4, -0.2) is 38.1 Å². The quantitative estimate of drug-likeness (QED) is 0.753. The monoisotopic (exact) mass is 363 g/mol. The first-order chi connectivity index (χ1) is 9.33. The van der Waals surface area contributed by atoms with Crippen molar-refractivity contribution < 1.29 is 17.1 Å². The Kier molecular flexibility index (Phi) is 4.80. The maximum Gasteiger partial charge on any atom is 0.302 e. The van der Waals surface area contributed by atoms with Gasteiger partial charge in [-0.05, 0) is 24.1 Å². The van der Waals surface area contributed by atoms with E-state index in [4.69, 9.17) is 0 Å². The van der Waals surface area contributed by atoms with Crippen LogP contribution in [0.3, 0.4) is 0 Å². The highest BCUT2D eigenvalue weighted by Gasteiger charge is 2.32. The van der Waals surface area contributed by atoms with Crippen molar-refractivity contribution in [2.24, 2.45) is 5.92 Å². The lowest BCUT2D eigenvalue weighted by Crippen LogP contribution is -2.28. The second kappa shape index (κ2) is 6.22. The fourth-order valence-corrected chi connectivity index (χ4v) is 3.43. The third-order valence-corrected chi connectivity index (χ3v) is 4.71. The van der Waals surface area contributed by atoms with E-state index >= 15 is 0 Å². The number of carbonyl (C=O) groups is 1. The summed E-state index contributed by atoms with van der Waals surface area (Å²) in [5.74, 6) is -1.09. The topological polar surface area (TPSA) is 54.5 Å². The van der Waals surface area contributed by atoms with Crippen molar-refractivity contribution in [3.8, 4) is 0 Å². The summed E-state index contributed by atoms with van der Waals surface area (Å²) in [6, 6.07) is 7.79. The Labute approximate surface area is 126 Å². The molecule has 0 bridgehead atoms. The van der Waals surface area contributed by atoms with E-state index in [1.54, 1.807) is 4.90 Å². The summed E-state index contributed by atoms with van der Waals surface area (Å²) in [4.78, 5) is 13.4. The number of hydrogen-bond donors (Lipinski definition) is 0. The summed E-state index contributed by atoms with van der Waals surface area (Å²) in [6.07, 6.45) is 0.817. The predicted molar refractivity (Wildman–Crippen MR) is 77.4 cm³/mol. The lowest BCUT2D eigenvalue weighted by atomic mass is 10.1. The van der Waals surface area contributed by atoms with E-state index in [-0.39, 0.29) is 12.3 Å². The van der Waals surface area contributed by atoms with Crippen molar-refractivity contribution in [2.75, 3.05) is 18.8 Å². The number of halogens is 2. The Morgan fingerprint density at radius 2 is 1.95 bits per heavy atom. The van der Waals surface area contributed by atoms with Crippen LogP contribution >= 0.6 is 15.9 Å². The van der Waals surface area contributed by atoms with Crippen LogP contribution in [0.15, 0.2) is 28.7 Å². The number of nitrogens with zero attached hydrogens (tertiary/aromatic N) is 1. The van der Waals surface area contributed by atoms with Gasteiger partial charge in [-0.3, -0.25) is 4.79 Å². The third-order valence-electron chi connectivity index (χ3n) is 3.31. The molecule has 0 spiro atoms. The second-order valence-electron chi connectivity index (χ2n) is 4.99. The SMILES string of the molecule is O=C1CC(CS(=O)(=O)F)CN1CCc1ccc(Br)cc1. The molecule has 1 atom stereocenters. The summed E-state index contributed by atoms with van der Waals surface area (Å²) in [7, 11) is -4.51. The number of hydrogen-bond acceptors (Lipinski definition) is 3. The van der Waals surface area contributed by atoms with Crippen molar-refractivity contribution in [1.82, 2.24) is 4.90 Å². The van der Waals surface area contributed by atoms with Gasteiger partial charge < -0.3 is 4.90 Å². The zero-order valence-electron chi connectivity index (χ0n) is 10.8. The van der Waals surface area contributed by atoms with Crippen LogP contribution in [0.1, 0.15) is 12.0 Å². The molecular formula is C13H15BrFNO3S. The van der Waals surface area contributed by atoms with Gasteiger partial charge >= 0.3 is 10.2 Å². The average molecular weight is 364 g/mol. The van der Waals surface area contributed by atoms with Gasteiger partial charge in [0.1, 0.15) is 0 Å². The molecule has 1 fully saturated rings. The number of rotatable bonds is 5. The van der Waals surface area contributed by atoms with Crippen LogP contribution in [0.5, 0.6) is 0 Å². The van der Waals surface area contributed by atoms with Crippen molar-refractivity contribution >= 4 is 32.1 Å². The second-order valence-corrected chi connectivity index (χ2v) is 7.32. The Morgan fingerprint density at radius 3 is 2.55 bits per heavy atom. The molecule has 1 aromatic carbocycles. The van der Waals surface area contributed by atoms with Crippen molar-refractivity contribution in [3.05, 3.63) is 34.3 Å². The van der Waals surface area contributed by atoms with Gasteiger partial charge in [0.15, 0.2) is 0 Å². The zero-order valence-corrected chi connectivity index (χ0v) is 13.2. The normalized spacial score (nSPS) is 19.6. The van der Waals surface area contributed by atoms with Crippen LogP contribution in [0, 0.1) is 5.92 Å². The fraction of sp³-hybridized carbons (Fsp3) is 0.462. The van der Waals surface area contributed by atoms with Crippen LogP contribution < -0.4 is 0 Å². The summed E-state index contributed by atoms with van der Waals surface area (Å²) in [5, 5.41) is 0. The highest BCUT2D eigenvalue weighted by molar-refractivity contribution is 9.10. The van der Waals surface area contributed by atoms with Gasteiger partial charge in [0, 0.05) is 29.9 Å². The highest BCUT2D eigenvalue weighted by Crippen LogP contribution is 2.20. The first-order valence-corrected chi connectivity index (χ1v) is 8.62. The van der Waals surface area contributed by atoms with Gasteiger partial charge in [0.2, 0.25) is 5.91 Å². The molecule has 20 heavy (non-hydrogen) atoms. The van der Waals surface area contributed by atoms with Crippen LogP contribution in [0.4, 0.5) is 3.89 Å². The molecule has 1 aliphatic rings. The highest BCUT2D eigenvalue weighted by atomic mass is 79.9. The molecule has 0 aromatic heterocycles. The molecule has 1 saturated heterocycles. The molecule has 0 saturated carbocycles. The number of carbonyl (C=O) groups excluding carboxylic acids is 1. The van der Waals surface area contributed by atoms with Crippen molar-refractivity contribution in [1.29, 1.82) is 0 Å². The summed E-state index contributed by atoms with van der Waals surface area (Å²) in [5.41, 5.74) is 1.10. The first-order valence-electron chi connectivity index (χ1n) is 6.28. The Balaban J connectivity index is 1.87. The lowest BCUT2D eigenvalue weighted by molar-refractivity contribution is -0.127. The first kappa shape index (κ1) is 15.4. The number of likely N-dealkylation sites (tertiary alicyclic amines) is 1. The van der Waals surface area contributed by atoms with Gasteiger partial charge in [-0.25, -0.2) is 0 Å². The number of benzene rings is 1. The Bertz CT molecular complexity index is 588. The third kappa shape index (κ3) is 4.56. The van der Waals surface area contributed by atoms with Gasteiger partial charge in [-0.15, -0.1) is 3.89 Å². The molecule has 110 valence electrons. The molecule has 1 unspecified atom stereocenters. The zero-order chi connectivity index (χ0) is 14.8. The molecule has 0 radical (unpaired) electrons. The van der Waals surface area contributed by atoms with Crippen molar-refractivity contribution in [3.63, 3.8) is 0 Å². The van der Waals surface area contributed by atoms with Gasteiger partial charge in [-0.1, -0.05) is 28.1 Å². The van der Waals surface area contributed by atoms with E-state index < -0.39 is 21.9 Å². The molecule has 4 nitrogen and oxygen atoms in total. The minimum atomic E-state index is -4.51. The molecular weight excluding hydrogens is 349 g/mol. The Morgan fingerprint density at radius 1 is 1.30 bits per heavy atom. The minimum Gasteiger partial charge on any atom is -0.342 e. The standard InChI is InChI=1S/C13H15BrFNO3S/c14-12-3-1-10(2-4-12)5-6-16-8-11(7-13(16)17)9-20(15,18)19/h1-4,11H,5-9H2. The Hall–Kier alpha value is -0.950. The van der Waals surface area contributed by atoms with E-state index in [1.807, 2.05) is 24.3 Å². The van der Waals surface area contributed by atoms with Gasteiger partial charge in [0.05, 0.1) is 5.75 Å². The predicted octanol–water partition coefficient (Wildman–Crippen LogP) is 2.14. The number of amides is 1. The van der Waals surface area contributed by atoms with E-state index in [2.05, 4.69) is 15.9 Å². The van der Waals surface area contributed by atoms with E-state index in [0.717, 1.165) is 10.0 Å². The van der Waals surface area contributed by atoms with E-state index in [9.17, 15) is 17.1 Å².